The molecule has 0 aliphatic heterocycles. The third-order valence-electron chi connectivity index (χ3n) is 3.44. The second-order valence-electron chi connectivity index (χ2n) is 6.79. The van der Waals surface area contributed by atoms with E-state index in [0.717, 1.165) is 44.4 Å². The summed E-state index contributed by atoms with van der Waals surface area (Å²) in [5.41, 5.74) is -0.452. The van der Waals surface area contributed by atoms with Gasteiger partial charge in [0.2, 0.25) is 0 Å². The maximum absolute atomic E-state index is 11.8. The topological polar surface area (TPSA) is 67.4 Å². The summed E-state index contributed by atoms with van der Waals surface area (Å²) in [5.74, 6) is 0.749. The first kappa shape index (κ1) is 18.4. The van der Waals surface area contributed by atoms with Crippen LogP contribution in [0.5, 0.6) is 0 Å². The quantitative estimate of drug-likeness (QED) is 0.737. The number of ether oxygens (including phenoxy) is 1. The number of alkyl carbamates (subject to hydrolysis) is 1. The molecule has 2 N–H and O–H groups in total. The highest BCUT2D eigenvalue weighted by Crippen LogP contribution is 2.19. The average molecular weight is 318 g/mol. The van der Waals surface area contributed by atoms with E-state index in [0.29, 0.717) is 6.04 Å². The van der Waals surface area contributed by atoms with Crippen molar-refractivity contribution < 1.29 is 13.7 Å². The molecule has 0 bridgehead atoms. The van der Waals surface area contributed by atoms with Crippen LogP contribution in [0.1, 0.15) is 52.9 Å². The van der Waals surface area contributed by atoms with Gasteiger partial charge in [0.1, 0.15) is 5.60 Å². The van der Waals surface area contributed by atoms with Gasteiger partial charge in [0.15, 0.2) is 0 Å². The maximum Gasteiger partial charge on any atom is 0.407 e. The zero-order chi connectivity index (χ0) is 15.9. The Kier molecular flexibility index (Phi) is 7.66. The van der Waals surface area contributed by atoms with Gasteiger partial charge in [-0.2, -0.15) is 0 Å². The lowest BCUT2D eigenvalue weighted by Gasteiger charge is -2.31. The van der Waals surface area contributed by atoms with Gasteiger partial charge >= 0.3 is 6.09 Å². The zero-order valence-corrected chi connectivity index (χ0v) is 14.6. The van der Waals surface area contributed by atoms with E-state index < -0.39 is 16.4 Å². The molecule has 3 unspecified atom stereocenters. The molecule has 0 aromatic heterocycles. The molecule has 0 spiro atoms. The number of hydrogen-bond acceptors (Lipinski definition) is 4. The van der Waals surface area contributed by atoms with Gasteiger partial charge < -0.3 is 15.4 Å². The lowest BCUT2D eigenvalue weighted by atomic mass is 9.91. The molecular weight excluding hydrogens is 288 g/mol. The smallest absolute Gasteiger partial charge is 0.407 e. The van der Waals surface area contributed by atoms with Crippen molar-refractivity contribution in [2.75, 3.05) is 18.6 Å². The maximum atomic E-state index is 11.8. The molecule has 0 saturated heterocycles. The number of amides is 1. The molecule has 0 aromatic carbocycles. The van der Waals surface area contributed by atoms with Crippen molar-refractivity contribution in [1.29, 1.82) is 0 Å². The van der Waals surface area contributed by atoms with E-state index in [2.05, 4.69) is 10.6 Å². The highest BCUT2D eigenvalue weighted by atomic mass is 32.2. The Labute approximate surface area is 131 Å². The molecule has 1 amide bonds. The molecule has 1 saturated carbocycles. The van der Waals surface area contributed by atoms with E-state index in [-0.39, 0.29) is 12.1 Å². The Morgan fingerprint density at radius 2 is 1.95 bits per heavy atom. The van der Waals surface area contributed by atoms with Crippen LogP contribution in [-0.2, 0) is 15.5 Å². The summed E-state index contributed by atoms with van der Waals surface area (Å²) in [6, 6.07) is 0.621. The molecule has 5 nitrogen and oxygen atoms in total. The minimum atomic E-state index is -0.710. The number of carbonyl (C=O) groups excluding carboxylic acids is 1. The number of carbonyl (C=O) groups is 1. The lowest BCUT2D eigenvalue weighted by molar-refractivity contribution is 0.0488. The predicted molar refractivity (Wildman–Crippen MR) is 87.0 cm³/mol. The molecule has 0 radical (unpaired) electrons. The molecule has 1 aliphatic rings. The van der Waals surface area contributed by atoms with Crippen LogP contribution in [0.25, 0.3) is 0 Å². The van der Waals surface area contributed by atoms with E-state index in [4.69, 9.17) is 4.74 Å². The lowest BCUT2D eigenvalue weighted by Crippen LogP contribution is -2.45. The average Bonchev–Trinajstić information content (AvgIpc) is 2.32. The van der Waals surface area contributed by atoms with Crippen LogP contribution < -0.4 is 10.6 Å². The van der Waals surface area contributed by atoms with Gasteiger partial charge in [-0.05, 0) is 59.4 Å². The summed E-state index contributed by atoms with van der Waals surface area (Å²) >= 11 is 0. The first-order valence-corrected chi connectivity index (χ1v) is 9.52. The predicted octanol–water partition coefficient (Wildman–Crippen LogP) is 2.18. The van der Waals surface area contributed by atoms with Crippen molar-refractivity contribution in [3.05, 3.63) is 0 Å². The fourth-order valence-electron chi connectivity index (χ4n) is 2.56. The molecule has 0 heterocycles. The van der Waals surface area contributed by atoms with Crippen LogP contribution in [0, 0.1) is 0 Å². The second-order valence-corrected chi connectivity index (χ2v) is 8.35. The Bertz CT molecular complexity index is 355. The SMILES string of the molecule is CS(=O)CCCNC1CCCC(NC(=O)OC(C)(C)C)C1. The summed E-state index contributed by atoms with van der Waals surface area (Å²) in [6.07, 6.45) is 6.55. The molecule has 124 valence electrons. The van der Waals surface area contributed by atoms with Crippen molar-refractivity contribution in [2.45, 2.75) is 70.6 Å². The van der Waals surface area contributed by atoms with Crippen LogP contribution in [0.3, 0.4) is 0 Å². The van der Waals surface area contributed by atoms with Gasteiger partial charge in [-0.15, -0.1) is 0 Å². The Morgan fingerprint density at radius 1 is 1.29 bits per heavy atom. The molecule has 21 heavy (non-hydrogen) atoms. The van der Waals surface area contributed by atoms with Crippen molar-refractivity contribution in [1.82, 2.24) is 10.6 Å². The fraction of sp³-hybridized carbons (Fsp3) is 0.933. The first-order chi connectivity index (χ1) is 9.76. The molecule has 0 aromatic rings. The van der Waals surface area contributed by atoms with E-state index in [1.54, 1.807) is 6.26 Å². The van der Waals surface area contributed by atoms with Crippen molar-refractivity contribution in [3.63, 3.8) is 0 Å². The van der Waals surface area contributed by atoms with E-state index >= 15 is 0 Å². The van der Waals surface area contributed by atoms with E-state index in [1.165, 1.54) is 0 Å². The standard InChI is InChI=1S/C15H30N2O3S/c1-15(2,3)20-14(18)17-13-8-5-7-12(11-13)16-9-6-10-21(4)19/h12-13,16H,5-11H2,1-4H3,(H,17,18). The van der Waals surface area contributed by atoms with Crippen LogP contribution >= 0.6 is 0 Å². The first-order valence-electron chi connectivity index (χ1n) is 7.79. The van der Waals surface area contributed by atoms with Crippen LogP contribution in [-0.4, -0.2) is 46.5 Å². The number of hydrogen-bond donors (Lipinski definition) is 2. The molecule has 3 atom stereocenters. The minimum Gasteiger partial charge on any atom is -0.444 e. The van der Waals surface area contributed by atoms with Gasteiger partial charge in [0.05, 0.1) is 0 Å². The van der Waals surface area contributed by atoms with Gasteiger partial charge in [0, 0.05) is 34.9 Å². The zero-order valence-electron chi connectivity index (χ0n) is 13.7. The molecule has 1 fully saturated rings. The van der Waals surface area contributed by atoms with Gasteiger partial charge in [-0.3, -0.25) is 4.21 Å². The summed E-state index contributed by atoms with van der Waals surface area (Å²) in [6.45, 7) is 6.50. The summed E-state index contributed by atoms with van der Waals surface area (Å²) < 4.78 is 16.3. The fourth-order valence-corrected chi connectivity index (χ4v) is 3.11. The normalized spacial score (nSPS) is 24.4. The molecule has 6 heteroatoms. The van der Waals surface area contributed by atoms with Gasteiger partial charge in [0.25, 0.3) is 0 Å². The highest BCUT2D eigenvalue weighted by Gasteiger charge is 2.25. The number of rotatable bonds is 6. The summed E-state index contributed by atoms with van der Waals surface area (Å²) in [5, 5.41) is 6.47. The van der Waals surface area contributed by atoms with E-state index in [1.807, 2.05) is 20.8 Å². The monoisotopic (exact) mass is 318 g/mol. The highest BCUT2D eigenvalue weighted by molar-refractivity contribution is 7.84. The van der Waals surface area contributed by atoms with Crippen LogP contribution in [0.15, 0.2) is 0 Å². The summed E-state index contributed by atoms with van der Waals surface area (Å²) in [4.78, 5) is 11.8. The third-order valence-corrected chi connectivity index (χ3v) is 4.30. The third kappa shape index (κ3) is 9.09. The van der Waals surface area contributed by atoms with Crippen molar-refractivity contribution in [2.24, 2.45) is 0 Å². The largest absolute Gasteiger partial charge is 0.444 e. The Morgan fingerprint density at radius 3 is 2.57 bits per heavy atom. The summed E-state index contributed by atoms with van der Waals surface area (Å²) in [7, 11) is -0.710. The van der Waals surface area contributed by atoms with Crippen LogP contribution in [0.2, 0.25) is 0 Å². The second kappa shape index (κ2) is 8.73. The van der Waals surface area contributed by atoms with Crippen molar-refractivity contribution >= 4 is 16.9 Å². The van der Waals surface area contributed by atoms with Crippen LogP contribution in [0.4, 0.5) is 4.79 Å². The van der Waals surface area contributed by atoms with Gasteiger partial charge in [-0.1, -0.05) is 0 Å². The molecule has 1 rings (SSSR count). The molecule has 1 aliphatic carbocycles. The molecular formula is C15H30N2O3S. The van der Waals surface area contributed by atoms with E-state index in [9.17, 15) is 9.00 Å². The van der Waals surface area contributed by atoms with Crippen molar-refractivity contribution in [3.8, 4) is 0 Å². The Hall–Kier alpha value is -0.620. The minimum absolute atomic E-state index is 0.186. The number of nitrogens with one attached hydrogen (secondary N) is 2. The Balaban J connectivity index is 2.25. The van der Waals surface area contributed by atoms with Gasteiger partial charge in [-0.25, -0.2) is 4.79 Å².